The van der Waals surface area contributed by atoms with Crippen LogP contribution in [0.2, 0.25) is 0 Å². The lowest BCUT2D eigenvalue weighted by molar-refractivity contribution is -0.137. The second-order valence-electron chi connectivity index (χ2n) is 10.6. The molecule has 3 aliphatic rings. The van der Waals surface area contributed by atoms with Gasteiger partial charge in [0, 0.05) is 18.3 Å². The van der Waals surface area contributed by atoms with Gasteiger partial charge < -0.3 is 9.84 Å². The van der Waals surface area contributed by atoms with Crippen LogP contribution in [0.5, 0.6) is 5.75 Å². The summed E-state index contributed by atoms with van der Waals surface area (Å²) in [6, 6.07) is 16.9. The highest BCUT2D eigenvalue weighted by Crippen LogP contribution is 2.62. The quantitative estimate of drug-likeness (QED) is 0.552. The van der Waals surface area contributed by atoms with E-state index in [4.69, 9.17) is 9.84 Å². The van der Waals surface area contributed by atoms with E-state index < -0.39 is 5.97 Å². The third-order valence-corrected chi connectivity index (χ3v) is 8.76. The van der Waals surface area contributed by atoms with Crippen molar-refractivity contribution in [3.05, 3.63) is 65.2 Å². The van der Waals surface area contributed by atoms with Crippen molar-refractivity contribution in [2.75, 3.05) is 0 Å². The number of fused-ring (bicyclic) bond motifs is 5. The van der Waals surface area contributed by atoms with Gasteiger partial charge >= 0.3 is 5.97 Å². The smallest absolute Gasteiger partial charge is 0.303 e. The largest absolute Gasteiger partial charge is 0.489 e. The van der Waals surface area contributed by atoms with Crippen LogP contribution in [0.1, 0.15) is 74.5 Å². The number of hydrogen-bond acceptors (Lipinski definition) is 3. The van der Waals surface area contributed by atoms with Gasteiger partial charge in [0.05, 0.1) is 0 Å². The SMILES string of the molecule is C[C@]12CCC3c4ccc(OCc5ccccc5)cc4CCC3C1[C@H](CCCC(=O)O)CC2=O. The molecule has 0 heterocycles. The molecule has 0 bridgehead atoms. The summed E-state index contributed by atoms with van der Waals surface area (Å²) < 4.78 is 6.08. The van der Waals surface area contributed by atoms with Crippen molar-refractivity contribution in [3.8, 4) is 5.75 Å². The summed E-state index contributed by atoms with van der Waals surface area (Å²) in [5, 5.41) is 9.07. The molecule has 2 fully saturated rings. The van der Waals surface area contributed by atoms with E-state index in [2.05, 4.69) is 37.3 Å². The number of aliphatic carboxylic acids is 1. The Morgan fingerprint density at radius 3 is 2.76 bits per heavy atom. The van der Waals surface area contributed by atoms with Crippen molar-refractivity contribution in [2.24, 2.45) is 23.2 Å². The first-order valence-electron chi connectivity index (χ1n) is 12.5. The maximum Gasteiger partial charge on any atom is 0.303 e. The maximum absolute atomic E-state index is 13.1. The van der Waals surface area contributed by atoms with Crippen LogP contribution in [0.4, 0.5) is 0 Å². The highest BCUT2D eigenvalue weighted by Gasteiger charge is 2.58. The lowest BCUT2D eigenvalue weighted by Crippen LogP contribution is -2.44. The average Bonchev–Trinajstić information content (AvgIpc) is 3.07. The molecule has 4 nitrogen and oxygen atoms in total. The molecule has 0 aromatic heterocycles. The normalized spacial score (nSPS) is 30.3. The van der Waals surface area contributed by atoms with Crippen LogP contribution in [0.15, 0.2) is 48.5 Å². The molecule has 2 aromatic carbocycles. The van der Waals surface area contributed by atoms with Gasteiger partial charge in [0.15, 0.2) is 0 Å². The summed E-state index contributed by atoms with van der Waals surface area (Å²) in [5.41, 5.74) is 3.80. The summed E-state index contributed by atoms with van der Waals surface area (Å²) in [6.07, 6.45) is 6.56. The highest BCUT2D eigenvalue weighted by atomic mass is 16.5. The van der Waals surface area contributed by atoms with Gasteiger partial charge in [-0.25, -0.2) is 0 Å². The molecule has 0 amide bonds. The van der Waals surface area contributed by atoms with Crippen molar-refractivity contribution in [2.45, 2.75) is 70.8 Å². The summed E-state index contributed by atoms with van der Waals surface area (Å²) in [5.74, 6) is 2.36. The molecule has 3 aliphatic carbocycles. The van der Waals surface area contributed by atoms with E-state index in [1.807, 2.05) is 18.2 Å². The molecule has 0 aliphatic heterocycles. The number of carbonyl (C=O) groups is 2. The van der Waals surface area contributed by atoms with Gasteiger partial charge in [0.1, 0.15) is 18.1 Å². The number of hydrogen-bond donors (Lipinski definition) is 1. The monoisotopic (exact) mass is 446 g/mol. The molecule has 1 N–H and O–H groups in total. The minimum absolute atomic E-state index is 0.205. The fourth-order valence-electron chi connectivity index (χ4n) is 7.23. The van der Waals surface area contributed by atoms with Crippen molar-refractivity contribution >= 4 is 11.8 Å². The topological polar surface area (TPSA) is 63.6 Å². The fraction of sp³-hybridized carbons (Fsp3) is 0.517. The minimum Gasteiger partial charge on any atom is -0.489 e. The predicted octanol–water partition coefficient (Wildman–Crippen LogP) is 6.17. The molecule has 2 saturated carbocycles. The number of carboxylic acid groups (broad SMARTS) is 1. The molecule has 174 valence electrons. The number of carboxylic acids is 1. The molecule has 5 rings (SSSR count). The Bertz CT molecular complexity index is 1030. The predicted molar refractivity (Wildman–Crippen MR) is 127 cm³/mol. The van der Waals surface area contributed by atoms with Gasteiger partial charge in [-0.3, -0.25) is 9.59 Å². The van der Waals surface area contributed by atoms with E-state index in [0.29, 0.717) is 48.9 Å². The molecule has 0 radical (unpaired) electrons. The molecule has 0 saturated heterocycles. The molecular formula is C29H34O4. The molecular weight excluding hydrogens is 412 g/mol. The number of Topliss-reactive ketones (excluding diaryl/α,β-unsaturated/α-hetero) is 1. The second-order valence-corrected chi connectivity index (χ2v) is 10.6. The van der Waals surface area contributed by atoms with Crippen LogP contribution in [0, 0.1) is 23.2 Å². The van der Waals surface area contributed by atoms with E-state index >= 15 is 0 Å². The van der Waals surface area contributed by atoms with Gasteiger partial charge in [-0.05, 0) is 91.0 Å². The first kappa shape index (κ1) is 22.2. The van der Waals surface area contributed by atoms with Gasteiger partial charge in [-0.2, -0.15) is 0 Å². The second kappa shape index (κ2) is 8.96. The van der Waals surface area contributed by atoms with E-state index in [9.17, 15) is 9.59 Å². The van der Waals surface area contributed by atoms with Crippen LogP contribution in [0.25, 0.3) is 0 Å². The van der Waals surface area contributed by atoms with Crippen molar-refractivity contribution in [1.82, 2.24) is 0 Å². The number of carbonyl (C=O) groups excluding carboxylic acids is 1. The van der Waals surface area contributed by atoms with Gasteiger partial charge in [0.2, 0.25) is 0 Å². The number of rotatable bonds is 7. The zero-order chi connectivity index (χ0) is 23.0. The first-order chi connectivity index (χ1) is 16.0. The van der Waals surface area contributed by atoms with Gasteiger partial charge in [-0.15, -0.1) is 0 Å². The number of ether oxygens (including phenoxy) is 1. The van der Waals surface area contributed by atoms with Crippen molar-refractivity contribution in [1.29, 1.82) is 0 Å². The Kier molecular flexibility index (Phi) is 6.03. The summed E-state index contributed by atoms with van der Waals surface area (Å²) in [7, 11) is 0. The zero-order valence-corrected chi connectivity index (χ0v) is 19.5. The fourth-order valence-corrected chi connectivity index (χ4v) is 7.23. The Balaban J connectivity index is 1.33. The summed E-state index contributed by atoms with van der Waals surface area (Å²) in [6.45, 7) is 2.77. The molecule has 0 spiro atoms. The van der Waals surface area contributed by atoms with Crippen LogP contribution < -0.4 is 4.74 Å². The van der Waals surface area contributed by atoms with Crippen LogP contribution in [-0.2, 0) is 22.6 Å². The molecule has 4 heteroatoms. The molecule has 2 aromatic rings. The van der Waals surface area contributed by atoms with E-state index in [-0.39, 0.29) is 11.8 Å². The summed E-state index contributed by atoms with van der Waals surface area (Å²) in [4.78, 5) is 24.1. The molecule has 5 atom stereocenters. The van der Waals surface area contributed by atoms with Crippen LogP contribution in [-0.4, -0.2) is 16.9 Å². The average molecular weight is 447 g/mol. The van der Waals surface area contributed by atoms with Gasteiger partial charge in [0.25, 0.3) is 0 Å². The Labute approximate surface area is 196 Å². The van der Waals surface area contributed by atoms with Gasteiger partial charge in [-0.1, -0.05) is 43.3 Å². The number of benzene rings is 2. The van der Waals surface area contributed by atoms with E-state index in [1.165, 1.54) is 16.7 Å². The van der Waals surface area contributed by atoms with Crippen LogP contribution in [0.3, 0.4) is 0 Å². The standard InChI is InChI=1S/C29H34O4/c1-29-15-14-24-23-13-11-22(33-18-19-6-3-2-4-7-19)16-20(23)10-12-25(24)28(29)21(17-26(29)30)8-5-9-27(31)32/h2-4,6-7,11,13,16,21,24-25,28H,5,8-10,12,14-15,17-18H2,1H3,(H,31,32)/t21-,24?,25?,28?,29-/m1/s1. The maximum atomic E-state index is 13.1. The van der Waals surface area contributed by atoms with Crippen molar-refractivity contribution in [3.63, 3.8) is 0 Å². The van der Waals surface area contributed by atoms with E-state index in [1.54, 1.807) is 0 Å². The molecule has 3 unspecified atom stereocenters. The first-order valence-corrected chi connectivity index (χ1v) is 12.5. The lowest BCUT2D eigenvalue weighted by atomic mass is 9.54. The van der Waals surface area contributed by atoms with Crippen molar-refractivity contribution < 1.29 is 19.4 Å². The lowest BCUT2D eigenvalue weighted by Gasteiger charge is -2.50. The zero-order valence-electron chi connectivity index (χ0n) is 19.5. The Morgan fingerprint density at radius 2 is 1.97 bits per heavy atom. The van der Waals surface area contributed by atoms with Crippen LogP contribution >= 0.6 is 0 Å². The van der Waals surface area contributed by atoms with E-state index in [0.717, 1.165) is 37.9 Å². The Morgan fingerprint density at radius 1 is 1.15 bits per heavy atom. The molecule has 33 heavy (non-hydrogen) atoms. The third-order valence-electron chi connectivity index (χ3n) is 8.76. The number of aryl methyl sites for hydroxylation is 1. The summed E-state index contributed by atoms with van der Waals surface area (Å²) >= 11 is 0. The number of ketones is 1. The Hall–Kier alpha value is -2.62. The third kappa shape index (κ3) is 4.20. The minimum atomic E-state index is -0.736. The highest BCUT2D eigenvalue weighted by molar-refractivity contribution is 5.87.